The monoisotopic (exact) mass is 644 g/mol. The van der Waals surface area contributed by atoms with Crippen molar-refractivity contribution in [1.29, 1.82) is 0 Å². The maximum atomic E-state index is 10.7. The number of carbonyl (C=O) groups is 1. The second-order valence-corrected chi connectivity index (χ2v) is 9.50. The second kappa shape index (κ2) is 11.2. The summed E-state index contributed by atoms with van der Waals surface area (Å²) in [6.45, 7) is 0.363. The molecule has 3 rings (SSSR count). The molecule has 30 heavy (non-hydrogen) atoms. The Hall–Kier alpha value is -1.58. The summed E-state index contributed by atoms with van der Waals surface area (Å²) < 4.78 is 8.28. The van der Waals surface area contributed by atoms with Crippen molar-refractivity contribution in [2.24, 2.45) is 0 Å². The van der Waals surface area contributed by atoms with Crippen molar-refractivity contribution in [2.45, 2.75) is 12.8 Å². The SMILES string of the molecule is O=C(O)CCc1ccc(OCC=C(c2ccc(I)cc2)c2ccc(I)cc2)c(Cl)c1. The Bertz CT molecular complexity index is 998. The first kappa shape index (κ1) is 23.1. The molecule has 0 radical (unpaired) electrons. The molecule has 0 saturated carbocycles. The largest absolute Gasteiger partial charge is 0.488 e. The van der Waals surface area contributed by atoms with E-state index in [-0.39, 0.29) is 6.42 Å². The Kier molecular flexibility index (Phi) is 8.59. The fourth-order valence-corrected chi connectivity index (χ4v) is 3.92. The highest BCUT2D eigenvalue weighted by molar-refractivity contribution is 14.1. The third-order valence-corrected chi connectivity index (χ3v) is 6.19. The molecule has 0 heterocycles. The van der Waals surface area contributed by atoms with Gasteiger partial charge in [-0.1, -0.05) is 41.9 Å². The van der Waals surface area contributed by atoms with E-state index in [2.05, 4.69) is 99.8 Å². The highest BCUT2D eigenvalue weighted by Gasteiger charge is 2.08. The maximum absolute atomic E-state index is 10.7. The third-order valence-electron chi connectivity index (χ3n) is 4.46. The molecule has 154 valence electrons. The molecule has 0 saturated heterocycles. The summed E-state index contributed by atoms with van der Waals surface area (Å²) in [5.41, 5.74) is 4.21. The zero-order valence-electron chi connectivity index (χ0n) is 15.9. The van der Waals surface area contributed by atoms with Crippen molar-refractivity contribution in [1.82, 2.24) is 0 Å². The summed E-state index contributed by atoms with van der Waals surface area (Å²) in [5.74, 6) is -0.244. The first-order chi connectivity index (χ1) is 14.4. The number of aliphatic carboxylic acids is 1. The van der Waals surface area contributed by atoms with Gasteiger partial charge in [0.15, 0.2) is 0 Å². The van der Waals surface area contributed by atoms with Gasteiger partial charge in [0.05, 0.1) is 5.02 Å². The van der Waals surface area contributed by atoms with Crippen LogP contribution in [0.4, 0.5) is 0 Å². The van der Waals surface area contributed by atoms with Crippen LogP contribution in [0.5, 0.6) is 5.75 Å². The van der Waals surface area contributed by atoms with Gasteiger partial charge in [-0.15, -0.1) is 0 Å². The standard InChI is InChI=1S/C24H19ClI2O3/c25-22-15-16(2-12-24(28)29)1-11-23(22)30-14-13-21(17-3-7-19(26)8-4-17)18-5-9-20(27)10-6-18/h1,3-11,13,15H,2,12,14H2,(H,28,29). The third kappa shape index (κ3) is 6.72. The Labute approximate surface area is 208 Å². The van der Waals surface area contributed by atoms with Gasteiger partial charge in [-0.05, 0) is 116 Å². The van der Waals surface area contributed by atoms with Crippen molar-refractivity contribution < 1.29 is 14.6 Å². The minimum Gasteiger partial charge on any atom is -0.488 e. The van der Waals surface area contributed by atoms with Crippen molar-refractivity contribution in [3.8, 4) is 5.75 Å². The maximum Gasteiger partial charge on any atom is 0.303 e. The number of hydrogen-bond donors (Lipinski definition) is 1. The second-order valence-electron chi connectivity index (χ2n) is 6.60. The van der Waals surface area contributed by atoms with Crippen LogP contribution >= 0.6 is 56.8 Å². The first-order valence-electron chi connectivity index (χ1n) is 9.27. The molecule has 1 N–H and O–H groups in total. The zero-order valence-corrected chi connectivity index (χ0v) is 21.0. The van der Waals surface area contributed by atoms with Crippen molar-refractivity contribution in [3.05, 3.63) is 102 Å². The van der Waals surface area contributed by atoms with E-state index in [0.717, 1.165) is 22.3 Å². The molecule has 0 aliphatic carbocycles. The van der Waals surface area contributed by atoms with Gasteiger partial charge < -0.3 is 9.84 Å². The van der Waals surface area contributed by atoms with E-state index in [4.69, 9.17) is 21.4 Å². The van der Waals surface area contributed by atoms with Crippen LogP contribution in [0.25, 0.3) is 5.57 Å². The van der Waals surface area contributed by atoms with E-state index in [1.165, 1.54) is 7.14 Å². The van der Waals surface area contributed by atoms with E-state index in [9.17, 15) is 4.79 Å². The van der Waals surface area contributed by atoms with Gasteiger partial charge in [0.2, 0.25) is 0 Å². The predicted octanol–water partition coefficient (Wildman–Crippen LogP) is 7.08. The van der Waals surface area contributed by atoms with Crippen LogP contribution < -0.4 is 4.74 Å². The van der Waals surface area contributed by atoms with Crippen LogP contribution in [0.3, 0.4) is 0 Å². The molecule has 3 aromatic carbocycles. The molecule has 0 aliphatic heterocycles. The molecule has 0 unspecified atom stereocenters. The fourth-order valence-electron chi connectivity index (χ4n) is 2.94. The lowest BCUT2D eigenvalue weighted by molar-refractivity contribution is -0.136. The van der Waals surface area contributed by atoms with Crippen LogP contribution in [-0.2, 0) is 11.2 Å². The normalized spacial score (nSPS) is 10.5. The minimum absolute atomic E-state index is 0.0780. The Morgan fingerprint density at radius 2 is 1.50 bits per heavy atom. The number of benzene rings is 3. The number of hydrogen-bond acceptors (Lipinski definition) is 2. The van der Waals surface area contributed by atoms with E-state index >= 15 is 0 Å². The summed E-state index contributed by atoms with van der Waals surface area (Å²) in [5, 5.41) is 9.30. The van der Waals surface area contributed by atoms with E-state index < -0.39 is 5.97 Å². The lowest BCUT2D eigenvalue weighted by Gasteiger charge is -2.11. The number of aryl methyl sites for hydroxylation is 1. The number of halogens is 3. The summed E-state index contributed by atoms with van der Waals surface area (Å²) in [7, 11) is 0. The lowest BCUT2D eigenvalue weighted by Crippen LogP contribution is -1.99. The van der Waals surface area contributed by atoms with Crippen molar-refractivity contribution >= 4 is 68.3 Å². The molecule has 0 aromatic heterocycles. The quantitative estimate of drug-likeness (QED) is 0.267. The van der Waals surface area contributed by atoms with Gasteiger partial charge in [0.25, 0.3) is 0 Å². The van der Waals surface area contributed by atoms with E-state index in [1.54, 1.807) is 12.1 Å². The predicted molar refractivity (Wildman–Crippen MR) is 138 cm³/mol. The van der Waals surface area contributed by atoms with Gasteiger partial charge in [-0.2, -0.15) is 0 Å². The highest BCUT2D eigenvalue weighted by Crippen LogP contribution is 2.28. The lowest BCUT2D eigenvalue weighted by atomic mass is 9.98. The smallest absolute Gasteiger partial charge is 0.303 e. The molecule has 3 aromatic rings. The van der Waals surface area contributed by atoms with Gasteiger partial charge in [0.1, 0.15) is 12.4 Å². The first-order valence-corrected chi connectivity index (χ1v) is 11.8. The van der Waals surface area contributed by atoms with Gasteiger partial charge in [-0.3, -0.25) is 4.79 Å². The van der Waals surface area contributed by atoms with Gasteiger partial charge >= 0.3 is 5.97 Å². The molecule has 3 nitrogen and oxygen atoms in total. The number of carboxylic acid groups (broad SMARTS) is 1. The molecule has 0 spiro atoms. The topological polar surface area (TPSA) is 46.5 Å². The van der Waals surface area contributed by atoms with Crippen LogP contribution in [0.2, 0.25) is 5.02 Å². The number of carboxylic acids is 1. The molecule has 6 heteroatoms. The van der Waals surface area contributed by atoms with E-state index in [0.29, 0.717) is 23.8 Å². The molecule has 0 aliphatic rings. The van der Waals surface area contributed by atoms with Gasteiger partial charge in [0, 0.05) is 13.6 Å². The highest BCUT2D eigenvalue weighted by atomic mass is 127. The fraction of sp³-hybridized carbons (Fsp3) is 0.125. The van der Waals surface area contributed by atoms with Gasteiger partial charge in [-0.25, -0.2) is 0 Å². The minimum atomic E-state index is -0.824. The molecule has 0 bridgehead atoms. The van der Waals surface area contributed by atoms with Crippen molar-refractivity contribution in [2.75, 3.05) is 6.61 Å². The number of ether oxygens (including phenoxy) is 1. The average Bonchev–Trinajstić information content (AvgIpc) is 2.72. The Morgan fingerprint density at radius 1 is 0.933 bits per heavy atom. The molecule has 0 fully saturated rings. The molecule has 0 amide bonds. The Balaban J connectivity index is 1.78. The van der Waals surface area contributed by atoms with Crippen LogP contribution in [0.15, 0.2) is 72.8 Å². The zero-order chi connectivity index (χ0) is 21.5. The molecular weight excluding hydrogens is 626 g/mol. The summed E-state index contributed by atoms with van der Waals surface area (Å²) >= 11 is 10.9. The molecular formula is C24H19ClI2O3. The molecule has 0 atom stereocenters. The van der Waals surface area contributed by atoms with Crippen LogP contribution in [0, 0.1) is 7.14 Å². The van der Waals surface area contributed by atoms with Crippen LogP contribution in [-0.4, -0.2) is 17.7 Å². The van der Waals surface area contributed by atoms with Crippen molar-refractivity contribution in [3.63, 3.8) is 0 Å². The summed E-state index contributed by atoms with van der Waals surface area (Å²) in [6, 6.07) is 22.2. The summed E-state index contributed by atoms with van der Waals surface area (Å²) in [4.78, 5) is 10.7. The number of rotatable bonds is 8. The van der Waals surface area contributed by atoms with E-state index in [1.807, 2.05) is 6.07 Å². The average molecular weight is 645 g/mol. The Morgan fingerprint density at radius 3 is 2.00 bits per heavy atom. The summed E-state index contributed by atoms with van der Waals surface area (Å²) in [6.07, 6.45) is 2.58. The van der Waals surface area contributed by atoms with Crippen LogP contribution in [0.1, 0.15) is 23.1 Å².